The molecular formula is C19H25N5O3. The number of rotatable bonds is 4. The van der Waals surface area contributed by atoms with Crippen molar-refractivity contribution in [2.24, 2.45) is 5.73 Å². The fraction of sp³-hybridized carbons (Fsp3) is 0.526. The zero-order valence-electron chi connectivity index (χ0n) is 15.3. The van der Waals surface area contributed by atoms with E-state index in [2.05, 4.69) is 32.3 Å². The molecule has 2 fully saturated rings. The van der Waals surface area contributed by atoms with Gasteiger partial charge in [0.1, 0.15) is 11.3 Å². The lowest BCUT2D eigenvalue weighted by Gasteiger charge is -2.31. The van der Waals surface area contributed by atoms with Crippen LogP contribution in [-0.2, 0) is 4.74 Å². The van der Waals surface area contributed by atoms with Crippen molar-refractivity contribution in [1.29, 1.82) is 0 Å². The molecule has 8 heteroatoms. The quantitative estimate of drug-likeness (QED) is 0.850. The Morgan fingerprint density at radius 2 is 1.89 bits per heavy atom. The Morgan fingerprint density at radius 1 is 1.15 bits per heavy atom. The molecule has 4 rings (SSSR count). The van der Waals surface area contributed by atoms with E-state index in [4.69, 9.17) is 15.2 Å². The highest BCUT2D eigenvalue weighted by Gasteiger charge is 2.24. The first kappa shape index (κ1) is 17.8. The molecule has 0 spiro atoms. The third kappa shape index (κ3) is 4.21. The number of nitrogens with one attached hydrogen (secondary N) is 1. The molecule has 3 N–H and O–H groups in total. The van der Waals surface area contributed by atoms with Gasteiger partial charge in [0, 0.05) is 43.3 Å². The normalized spacial score (nSPS) is 23.2. The SMILES string of the molecule is NC(=O)N[C@H]1CC[C@@H](Oc2cc(N3CCOCC3)cc3nccnc23)CC1. The second-order valence-corrected chi connectivity index (χ2v) is 7.07. The molecular weight excluding hydrogens is 346 g/mol. The number of carbonyl (C=O) groups is 1. The Morgan fingerprint density at radius 3 is 2.63 bits per heavy atom. The zero-order valence-corrected chi connectivity index (χ0v) is 15.3. The Bertz CT molecular complexity index is 801. The van der Waals surface area contributed by atoms with E-state index in [1.807, 2.05) is 0 Å². The highest BCUT2D eigenvalue weighted by Crippen LogP contribution is 2.32. The summed E-state index contributed by atoms with van der Waals surface area (Å²) in [4.78, 5) is 22.3. The molecule has 27 heavy (non-hydrogen) atoms. The maximum atomic E-state index is 11.0. The van der Waals surface area contributed by atoms with Gasteiger partial charge in [0.25, 0.3) is 0 Å². The van der Waals surface area contributed by atoms with Crippen LogP contribution in [0.5, 0.6) is 5.75 Å². The van der Waals surface area contributed by atoms with Crippen molar-refractivity contribution < 1.29 is 14.3 Å². The van der Waals surface area contributed by atoms with Gasteiger partial charge in [0.2, 0.25) is 0 Å². The minimum absolute atomic E-state index is 0.0982. The minimum Gasteiger partial charge on any atom is -0.488 e. The topological polar surface area (TPSA) is 103 Å². The van der Waals surface area contributed by atoms with E-state index in [1.54, 1.807) is 12.4 Å². The van der Waals surface area contributed by atoms with E-state index in [-0.39, 0.29) is 12.1 Å². The fourth-order valence-corrected chi connectivity index (χ4v) is 3.83. The van der Waals surface area contributed by atoms with Crippen LogP contribution in [0, 0.1) is 0 Å². The van der Waals surface area contributed by atoms with E-state index >= 15 is 0 Å². The molecule has 2 aromatic rings. The number of fused-ring (bicyclic) bond motifs is 1. The van der Waals surface area contributed by atoms with Gasteiger partial charge in [-0.3, -0.25) is 4.98 Å². The van der Waals surface area contributed by atoms with Crippen LogP contribution in [0.25, 0.3) is 11.0 Å². The summed E-state index contributed by atoms with van der Waals surface area (Å²) in [5.74, 6) is 0.772. The molecule has 1 aliphatic carbocycles. The van der Waals surface area contributed by atoms with E-state index < -0.39 is 6.03 Å². The van der Waals surface area contributed by atoms with Crippen molar-refractivity contribution in [1.82, 2.24) is 15.3 Å². The zero-order chi connectivity index (χ0) is 18.6. The number of carbonyl (C=O) groups excluding carboxylic acids is 1. The summed E-state index contributed by atoms with van der Waals surface area (Å²) in [5, 5.41) is 2.79. The molecule has 8 nitrogen and oxygen atoms in total. The number of nitrogens with zero attached hydrogens (tertiary/aromatic N) is 3. The van der Waals surface area contributed by atoms with Gasteiger partial charge in [-0.25, -0.2) is 9.78 Å². The second kappa shape index (κ2) is 7.96. The molecule has 2 amide bonds. The number of hydrogen-bond donors (Lipinski definition) is 2. The summed E-state index contributed by atoms with van der Waals surface area (Å²) in [5.41, 5.74) is 7.93. The minimum atomic E-state index is -0.459. The number of aromatic nitrogens is 2. The summed E-state index contributed by atoms with van der Waals surface area (Å²) in [6, 6.07) is 3.81. The van der Waals surface area contributed by atoms with Crippen molar-refractivity contribution in [3.8, 4) is 5.75 Å². The number of hydrogen-bond acceptors (Lipinski definition) is 6. The molecule has 144 valence electrons. The van der Waals surface area contributed by atoms with Gasteiger partial charge in [-0.05, 0) is 31.7 Å². The number of ether oxygens (including phenoxy) is 2. The number of benzene rings is 1. The smallest absolute Gasteiger partial charge is 0.312 e. The maximum absolute atomic E-state index is 11.0. The van der Waals surface area contributed by atoms with E-state index in [0.29, 0.717) is 0 Å². The summed E-state index contributed by atoms with van der Waals surface area (Å²) >= 11 is 0. The van der Waals surface area contributed by atoms with Gasteiger partial charge in [0.05, 0.1) is 24.8 Å². The van der Waals surface area contributed by atoms with Crippen LogP contribution in [0.2, 0.25) is 0 Å². The fourth-order valence-electron chi connectivity index (χ4n) is 3.83. The first-order valence-electron chi connectivity index (χ1n) is 9.49. The summed E-state index contributed by atoms with van der Waals surface area (Å²) in [6.45, 7) is 3.17. The average molecular weight is 371 g/mol. The number of anilines is 1. The van der Waals surface area contributed by atoms with Gasteiger partial charge < -0.3 is 25.4 Å². The highest BCUT2D eigenvalue weighted by atomic mass is 16.5. The van der Waals surface area contributed by atoms with Crippen LogP contribution in [-0.4, -0.2) is 54.4 Å². The van der Waals surface area contributed by atoms with Gasteiger partial charge >= 0.3 is 6.03 Å². The van der Waals surface area contributed by atoms with Crippen LogP contribution in [0.15, 0.2) is 24.5 Å². The molecule has 0 atom stereocenters. The number of urea groups is 1. The van der Waals surface area contributed by atoms with Crippen LogP contribution in [0.3, 0.4) is 0 Å². The number of morpholine rings is 1. The summed E-state index contributed by atoms with van der Waals surface area (Å²) in [7, 11) is 0. The second-order valence-electron chi connectivity index (χ2n) is 7.07. The van der Waals surface area contributed by atoms with Crippen LogP contribution >= 0.6 is 0 Å². The average Bonchev–Trinajstić information content (AvgIpc) is 2.70. The Balaban J connectivity index is 1.53. The first-order valence-corrected chi connectivity index (χ1v) is 9.49. The lowest BCUT2D eigenvalue weighted by molar-refractivity contribution is 0.122. The van der Waals surface area contributed by atoms with Crippen molar-refractivity contribution >= 4 is 22.8 Å². The van der Waals surface area contributed by atoms with E-state index in [9.17, 15) is 4.79 Å². The lowest BCUT2D eigenvalue weighted by atomic mass is 9.93. The van der Waals surface area contributed by atoms with Gasteiger partial charge in [0.15, 0.2) is 0 Å². The Labute approximate surface area is 158 Å². The summed E-state index contributed by atoms with van der Waals surface area (Å²) in [6.07, 6.45) is 6.96. The van der Waals surface area contributed by atoms with E-state index in [1.165, 1.54) is 0 Å². The van der Waals surface area contributed by atoms with Crippen molar-refractivity contribution in [3.63, 3.8) is 0 Å². The number of nitrogens with two attached hydrogens (primary N) is 1. The molecule has 1 saturated carbocycles. The molecule has 1 aromatic heterocycles. The van der Waals surface area contributed by atoms with Crippen LogP contribution in [0.4, 0.5) is 10.5 Å². The largest absolute Gasteiger partial charge is 0.488 e. The van der Waals surface area contributed by atoms with Gasteiger partial charge in [-0.15, -0.1) is 0 Å². The predicted molar refractivity (Wildman–Crippen MR) is 102 cm³/mol. The number of amides is 2. The molecule has 0 radical (unpaired) electrons. The third-order valence-electron chi connectivity index (χ3n) is 5.21. The number of primary amides is 1. The first-order chi connectivity index (χ1) is 13.2. The molecule has 1 aliphatic heterocycles. The van der Waals surface area contributed by atoms with Gasteiger partial charge in [-0.2, -0.15) is 0 Å². The molecule has 2 heterocycles. The maximum Gasteiger partial charge on any atom is 0.312 e. The monoisotopic (exact) mass is 371 g/mol. The van der Waals surface area contributed by atoms with Crippen molar-refractivity contribution in [3.05, 3.63) is 24.5 Å². The molecule has 0 unspecified atom stereocenters. The Hall–Kier alpha value is -2.61. The van der Waals surface area contributed by atoms with E-state index in [0.717, 1.165) is 74.5 Å². The molecule has 1 aromatic carbocycles. The van der Waals surface area contributed by atoms with Gasteiger partial charge in [-0.1, -0.05) is 0 Å². The van der Waals surface area contributed by atoms with Crippen LogP contribution in [0.1, 0.15) is 25.7 Å². The highest BCUT2D eigenvalue weighted by molar-refractivity contribution is 5.85. The molecule has 1 saturated heterocycles. The van der Waals surface area contributed by atoms with Crippen molar-refractivity contribution in [2.75, 3.05) is 31.2 Å². The van der Waals surface area contributed by atoms with Crippen LogP contribution < -0.4 is 20.7 Å². The van der Waals surface area contributed by atoms with Crippen molar-refractivity contribution in [2.45, 2.75) is 37.8 Å². The third-order valence-corrected chi connectivity index (χ3v) is 5.21. The lowest BCUT2D eigenvalue weighted by Crippen LogP contribution is -2.42. The predicted octanol–water partition coefficient (Wildman–Crippen LogP) is 1.82. The standard InChI is InChI=1S/C19H25N5O3/c20-19(25)23-13-1-3-15(4-2-13)27-17-12-14(24-7-9-26-10-8-24)11-16-18(17)22-6-5-21-16/h5-6,11-13,15H,1-4,7-10H2,(H3,20,23,25)/t13-,15+. The molecule has 2 aliphatic rings. The Kier molecular flexibility index (Phi) is 5.24. The molecule has 0 bridgehead atoms. The summed E-state index contributed by atoms with van der Waals surface area (Å²) < 4.78 is 11.8.